The van der Waals surface area contributed by atoms with Crippen LogP contribution in [-0.2, 0) is 9.59 Å². The van der Waals surface area contributed by atoms with E-state index in [1.807, 2.05) is 0 Å². The van der Waals surface area contributed by atoms with Gasteiger partial charge in [0, 0.05) is 13.1 Å². The van der Waals surface area contributed by atoms with Gasteiger partial charge < -0.3 is 19.8 Å². The van der Waals surface area contributed by atoms with Crippen LogP contribution in [0.5, 0.6) is 0 Å². The Morgan fingerprint density at radius 2 is 1.38 bits per heavy atom. The van der Waals surface area contributed by atoms with E-state index in [1.165, 1.54) is 4.90 Å². The Kier molecular flexibility index (Phi) is 16.4. The zero-order valence-electron chi connectivity index (χ0n) is 8.20. The first-order chi connectivity index (χ1) is 5.06. The Morgan fingerprint density at radius 1 is 1.08 bits per heavy atom. The van der Waals surface area contributed by atoms with E-state index in [-0.39, 0.29) is 72.2 Å². The minimum atomic E-state index is -1.28. The molecule has 0 aliphatic heterocycles. The molecular formula is C6H9NNa2O4. The van der Waals surface area contributed by atoms with E-state index in [4.69, 9.17) is 0 Å². The van der Waals surface area contributed by atoms with Gasteiger partial charge in [-0.2, -0.15) is 0 Å². The number of carbonyl (C=O) groups excluding carboxylic acids is 2. The van der Waals surface area contributed by atoms with Crippen molar-refractivity contribution in [3.8, 4) is 0 Å². The number of carboxylic acid groups (broad SMARTS) is 2. The van der Waals surface area contributed by atoms with E-state index in [0.717, 1.165) is 0 Å². The van der Waals surface area contributed by atoms with Crippen molar-refractivity contribution in [2.75, 3.05) is 19.6 Å². The number of likely N-dealkylation sites (N-methyl/N-ethyl adjacent to an activating group) is 1. The third kappa shape index (κ3) is 12.9. The molecule has 0 saturated carbocycles. The fraction of sp³-hybridized carbons (Fsp3) is 0.667. The summed E-state index contributed by atoms with van der Waals surface area (Å²) < 4.78 is 0. The van der Waals surface area contributed by atoms with Crippen molar-refractivity contribution in [1.82, 2.24) is 4.90 Å². The molecule has 0 unspecified atom stereocenters. The third-order valence-electron chi connectivity index (χ3n) is 1.15. The summed E-state index contributed by atoms with van der Waals surface area (Å²) in [5, 5.41) is 20.0. The van der Waals surface area contributed by atoms with Gasteiger partial charge in [0.2, 0.25) is 0 Å². The number of hydrogen-bond acceptors (Lipinski definition) is 5. The number of aliphatic carboxylic acids is 2. The van der Waals surface area contributed by atoms with Gasteiger partial charge in [-0.05, 0) is 6.54 Å². The van der Waals surface area contributed by atoms with Crippen LogP contribution in [-0.4, -0.2) is 36.5 Å². The van der Waals surface area contributed by atoms with Crippen LogP contribution in [0.3, 0.4) is 0 Å². The Bertz CT molecular complexity index is 149. The summed E-state index contributed by atoms with van der Waals surface area (Å²) in [5.41, 5.74) is 0. The summed E-state index contributed by atoms with van der Waals surface area (Å²) in [6.45, 7) is 1.27. The first kappa shape index (κ1) is 19.5. The van der Waals surface area contributed by atoms with E-state index in [0.29, 0.717) is 6.54 Å². The summed E-state index contributed by atoms with van der Waals surface area (Å²) in [6.07, 6.45) is 0. The Labute approximate surface area is 121 Å². The standard InChI is InChI=1S/C6H11NO4.2Na/c1-2-7(3-5(8)9)4-6(10)11;;/h2-4H2,1H3,(H,8,9)(H,10,11);;/q;2*+1/p-2. The molecule has 0 bridgehead atoms. The van der Waals surface area contributed by atoms with Crippen LogP contribution in [0.1, 0.15) is 6.92 Å². The first-order valence-electron chi connectivity index (χ1n) is 3.18. The van der Waals surface area contributed by atoms with Crippen molar-refractivity contribution < 1.29 is 78.9 Å². The monoisotopic (exact) mass is 205 g/mol. The Hall–Kier alpha value is 0.900. The fourth-order valence-corrected chi connectivity index (χ4v) is 0.645. The van der Waals surface area contributed by atoms with Gasteiger partial charge in [-0.15, -0.1) is 0 Å². The summed E-state index contributed by atoms with van der Waals surface area (Å²) in [7, 11) is 0. The van der Waals surface area contributed by atoms with Gasteiger partial charge in [0.25, 0.3) is 0 Å². The molecular weight excluding hydrogens is 196 g/mol. The van der Waals surface area contributed by atoms with Crippen molar-refractivity contribution in [3.05, 3.63) is 0 Å². The van der Waals surface area contributed by atoms with Gasteiger partial charge in [-0.3, -0.25) is 4.90 Å². The number of carboxylic acids is 2. The van der Waals surface area contributed by atoms with Crippen LogP contribution >= 0.6 is 0 Å². The zero-order valence-corrected chi connectivity index (χ0v) is 12.2. The van der Waals surface area contributed by atoms with E-state index in [1.54, 1.807) is 6.92 Å². The van der Waals surface area contributed by atoms with E-state index in [2.05, 4.69) is 0 Å². The Balaban J connectivity index is -0.000000500. The van der Waals surface area contributed by atoms with Crippen LogP contribution in [0.25, 0.3) is 0 Å². The molecule has 0 aliphatic rings. The van der Waals surface area contributed by atoms with Gasteiger partial charge in [-0.1, -0.05) is 6.92 Å². The summed E-state index contributed by atoms with van der Waals surface area (Å²) in [5.74, 6) is -2.57. The minimum Gasteiger partial charge on any atom is -0.549 e. The molecule has 0 amide bonds. The quantitative estimate of drug-likeness (QED) is 0.416. The van der Waals surface area contributed by atoms with E-state index < -0.39 is 11.9 Å². The summed E-state index contributed by atoms with van der Waals surface area (Å²) >= 11 is 0. The van der Waals surface area contributed by atoms with Gasteiger partial charge in [-0.25, -0.2) is 0 Å². The number of hydrogen-bond donors (Lipinski definition) is 0. The molecule has 7 heteroatoms. The molecule has 0 radical (unpaired) electrons. The molecule has 0 saturated heterocycles. The third-order valence-corrected chi connectivity index (χ3v) is 1.15. The molecule has 13 heavy (non-hydrogen) atoms. The predicted octanol–water partition coefficient (Wildman–Crippen LogP) is -9.18. The maximum absolute atomic E-state index is 9.98. The average molecular weight is 205 g/mol. The smallest absolute Gasteiger partial charge is 0.549 e. The fourth-order valence-electron chi connectivity index (χ4n) is 0.645. The van der Waals surface area contributed by atoms with Crippen LogP contribution < -0.4 is 69.3 Å². The van der Waals surface area contributed by atoms with Gasteiger partial charge >= 0.3 is 59.1 Å². The second-order valence-corrected chi connectivity index (χ2v) is 2.05. The molecule has 64 valence electrons. The van der Waals surface area contributed by atoms with Crippen LogP contribution in [0.4, 0.5) is 0 Å². The molecule has 0 aromatic heterocycles. The first-order valence-corrected chi connectivity index (χ1v) is 3.18. The molecule has 0 N–H and O–H groups in total. The topological polar surface area (TPSA) is 83.5 Å². The predicted molar refractivity (Wildman–Crippen MR) is 32.1 cm³/mol. The van der Waals surface area contributed by atoms with Crippen molar-refractivity contribution in [3.63, 3.8) is 0 Å². The van der Waals surface area contributed by atoms with Gasteiger partial charge in [0.15, 0.2) is 0 Å². The average Bonchev–Trinajstić information content (AvgIpc) is 1.84. The summed E-state index contributed by atoms with van der Waals surface area (Å²) in [6, 6.07) is 0. The number of rotatable bonds is 5. The minimum absolute atomic E-state index is 0. The molecule has 0 aromatic rings. The van der Waals surface area contributed by atoms with Crippen molar-refractivity contribution in [2.24, 2.45) is 0 Å². The molecule has 0 rings (SSSR count). The molecule has 0 fully saturated rings. The largest absolute Gasteiger partial charge is 1.00 e. The van der Waals surface area contributed by atoms with Crippen molar-refractivity contribution >= 4 is 11.9 Å². The van der Waals surface area contributed by atoms with Crippen LogP contribution in [0.2, 0.25) is 0 Å². The summed E-state index contributed by atoms with van der Waals surface area (Å²) in [4.78, 5) is 21.2. The normalized spacial score (nSPS) is 8.46. The second-order valence-electron chi connectivity index (χ2n) is 2.05. The van der Waals surface area contributed by atoms with Crippen LogP contribution in [0, 0.1) is 0 Å². The van der Waals surface area contributed by atoms with E-state index in [9.17, 15) is 19.8 Å². The molecule has 0 spiro atoms. The maximum Gasteiger partial charge on any atom is 1.00 e. The molecule has 0 atom stereocenters. The molecule has 0 aliphatic carbocycles. The molecule has 0 heterocycles. The number of nitrogens with zero attached hydrogens (tertiary/aromatic N) is 1. The molecule has 0 aromatic carbocycles. The van der Waals surface area contributed by atoms with Gasteiger partial charge in [0.1, 0.15) is 0 Å². The maximum atomic E-state index is 9.98. The zero-order chi connectivity index (χ0) is 8.85. The second kappa shape index (κ2) is 11.0. The number of carbonyl (C=O) groups is 2. The van der Waals surface area contributed by atoms with Gasteiger partial charge in [0.05, 0.1) is 11.9 Å². The van der Waals surface area contributed by atoms with Crippen molar-refractivity contribution in [2.45, 2.75) is 6.92 Å². The van der Waals surface area contributed by atoms with Crippen molar-refractivity contribution in [1.29, 1.82) is 0 Å². The molecule has 5 nitrogen and oxygen atoms in total. The SMILES string of the molecule is CCN(CC(=O)[O-])CC(=O)[O-].[Na+].[Na+]. The Morgan fingerprint density at radius 3 is 1.54 bits per heavy atom. The van der Waals surface area contributed by atoms with E-state index >= 15 is 0 Å². The van der Waals surface area contributed by atoms with Crippen LogP contribution in [0.15, 0.2) is 0 Å².